The largest absolute Gasteiger partial charge is 0.469 e. The van der Waals surface area contributed by atoms with Gasteiger partial charge in [0, 0.05) is 12.8 Å². The van der Waals surface area contributed by atoms with Crippen molar-refractivity contribution in [3.8, 4) is 0 Å². The van der Waals surface area contributed by atoms with Gasteiger partial charge in [-0.05, 0) is 24.8 Å². The Labute approximate surface area is 95.6 Å². The average Bonchev–Trinajstić information content (AvgIpc) is 2.64. The summed E-state index contributed by atoms with van der Waals surface area (Å²) in [7, 11) is 1.38. The Hall–Kier alpha value is -1.16. The lowest BCUT2D eigenvalue weighted by molar-refractivity contribution is -0.141. The monoisotopic (exact) mass is 226 g/mol. The van der Waals surface area contributed by atoms with Gasteiger partial charge in [-0.25, -0.2) is 0 Å². The molecular weight excluding hydrogens is 208 g/mol. The Balaban J connectivity index is 2.29. The van der Waals surface area contributed by atoms with Gasteiger partial charge in [-0.15, -0.1) is 0 Å². The molecule has 0 unspecified atom stereocenters. The van der Waals surface area contributed by atoms with Crippen LogP contribution in [-0.2, 0) is 19.1 Å². The minimum Gasteiger partial charge on any atom is -0.469 e. The van der Waals surface area contributed by atoms with E-state index in [1.165, 1.54) is 7.11 Å². The Morgan fingerprint density at radius 2 is 2.38 bits per heavy atom. The lowest BCUT2D eigenvalue weighted by Crippen LogP contribution is -2.13. The van der Waals surface area contributed by atoms with E-state index in [4.69, 9.17) is 4.74 Å². The molecule has 1 saturated heterocycles. The van der Waals surface area contributed by atoms with Crippen molar-refractivity contribution >= 4 is 12.3 Å². The fraction of sp³-hybridized carbons (Fsp3) is 0.667. The van der Waals surface area contributed by atoms with Gasteiger partial charge in [-0.1, -0.05) is 6.58 Å². The first-order valence-corrected chi connectivity index (χ1v) is 5.51. The molecule has 1 heterocycles. The second-order valence-corrected chi connectivity index (χ2v) is 3.97. The van der Waals surface area contributed by atoms with Crippen LogP contribution in [0.1, 0.15) is 32.1 Å². The van der Waals surface area contributed by atoms with E-state index in [1.807, 2.05) is 0 Å². The molecule has 0 aliphatic carbocycles. The molecule has 90 valence electrons. The van der Waals surface area contributed by atoms with Crippen molar-refractivity contribution in [1.29, 1.82) is 0 Å². The highest BCUT2D eigenvalue weighted by Gasteiger charge is 2.28. The van der Waals surface area contributed by atoms with Crippen LogP contribution in [-0.4, -0.2) is 31.6 Å². The third kappa shape index (κ3) is 3.77. The summed E-state index contributed by atoms with van der Waals surface area (Å²) in [5.41, 5.74) is 1.02. The first-order chi connectivity index (χ1) is 7.67. The van der Waals surface area contributed by atoms with Crippen molar-refractivity contribution in [3.63, 3.8) is 0 Å². The molecule has 0 aromatic rings. The third-order valence-electron chi connectivity index (χ3n) is 2.75. The molecule has 16 heavy (non-hydrogen) atoms. The van der Waals surface area contributed by atoms with Crippen LogP contribution >= 0.6 is 0 Å². The standard InChI is InChI=1S/C12H18O4/c1-9-8-10(5-6-12(14)15-2)16-11(9)4-3-7-13/h7,10-11H,1,3-6,8H2,2H3/t10-,11-/m0/s1. The molecule has 0 saturated carbocycles. The van der Waals surface area contributed by atoms with Crippen molar-refractivity contribution in [2.75, 3.05) is 7.11 Å². The summed E-state index contributed by atoms with van der Waals surface area (Å²) in [5.74, 6) is -0.217. The molecule has 0 spiro atoms. The zero-order valence-electron chi connectivity index (χ0n) is 9.61. The maximum atomic E-state index is 11.0. The van der Waals surface area contributed by atoms with Gasteiger partial charge in [0.05, 0.1) is 19.3 Å². The molecular formula is C12H18O4. The van der Waals surface area contributed by atoms with Crippen molar-refractivity contribution < 1.29 is 19.1 Å². The lowest BCUT2D eigenvalue weighted by Gasteiger charge is -2.11. The Morgan fingerprint density at radius 1 is 1.62 bits per heavy atom. The van der Waals surface area contributed by atoms with E-state index >= 15 is 0 Å². The number of aldehydes is 1. The minimum absolute atomic E-state index is 0.0205. The topological polar surface area (TPSA) is 52.6 Å². The molecule has 1 fully saturated rings. The number of rotatable bonds is 6. The molecule has 1 aliphatic heterocycles. The second-order valence-electron chi connectivity index (χ2n) is 3.97. The summed E-state index contributed by atoms with van der Waals surface area (Å²) < 4.78 is 10.3. The summed E-state index contributed by atoms with van der Waals surface area (Å²) in [6, 6.07) is 0. The molecule has 4 heteroatoms. The van der Waals surface area contributed by atoms with Crippen LogP contribution in [0.3, 0.4) is 0 Å². The summed E-state index contributed by atoms with van der Waals surface area (Å²) in [5, 5.41) is 0. The maximum Gasteiger partial charge on any atom is 0.305 e. The van der Waals surface area contributed by atoms with Crippen molar-refractivity contribution in [2.45, 2.75) is 44.3 Å². The first-order valence-electron chi connectivity index (χ1n) is 5.51. The minimum atomic E-state index is -0.217. The molecule has 0 radical (unpaired) electrons. The molecule has 1 rings (SSSR count). The van der Waals surface area contributed by atoms with Gasteiger partial charge in [-0.2, -0.15) is 0 Å². The van der Waals surface area contributed by atoms with Crippen LogP contribution < -0.4 is 0 Å². The zero-order valence-corrected chi connectivity index (χ0v) is 9.61. The van der Waals surface area contributed by atoms with Crippen molar-refractivity contribution in [2.24, 2.45) is 0 Å². The van der Waals surface area contributed by atoms with Crippen molar-refractivity contribution in [3.05, 3.63) is 12.2 Å². The molecule has 0 N–H and O–H groups in total. The summed E-state index contributed by atoms with van der Waals surface area (Å²) in [6.45, 7) is 3.93. The number of methoxy groups -OCH3 is 1. The highest BCUT2D eigenvalue weighted by atomic mass is 16.5. The molecule has 0 amide bonds. The Morgan fingerprint density at radius 3 is 3.00 bits per heavy atom. The number of carbonyl (C=O) groups excluding carboxylic acids is 2. The summed E-state index contributed by atoms with van der Waals surface area (Å²) in [4.78, 5) is 21.2. The van der Waals surface area contributed by atoms with Crippen LogP contribution in [0.4, 0.5) is 0 Å². The highest BCUT2D eigenvalue weighted by molar-refractivity contribution is 5.69. The van der Waals surface area contributed by atoms with E-state index < -0.39 is 0 Å². The average molecular weight is 226 g/mol. The van der Waals surface area contributed by atoms with Crippen LogP contribution in [0.25, 0.3) is 0 Å². The van der Waals surface area contributed by atoms with E-state index in [9.17, 15) is 9.59 Å². The van der Waals surface area contributed by atoms with Gasteiger partial charge >= 0.3 is 5.97 Å². The fourth-order valence-corrected chi connectivity index (χ4v) is 1.84. The molecule has 4 nitrogen and oxygen atoms in total. The van der Waals surface area contributed by atoms with E-state index in [2.05, 4.69) is 11.3 Å². The van der Waals surface area contributed by atoms with Crippen LogP contribution in [0.5, 0.6) is 0 Å². The van der Waals surface area contributed by atoms with E-state index in [0.29, 0.717) is 25.7 Å². The number of ether oxygens (including phenoxy) is 2. The van der Waals surface area contributed by atoms with Gasteiger partial charge in [0.15, 0.2) is 0 Å². The molecule has 0 bridgehead atoms. The summed E-state index contributed by atoms with van der Waals surface area (Å²) in [6.07, 6.45) is 3.90. The molecule has 2 atom stereocenters. The number of hydrogen-bond acceptors (Lipinski definition) is 4. The van der Waals surface area contributed by atoms with Gasteiger partial charge in [0.25, 0.3) is 0 Å². The van der Waals surface area contributed by atoms with Crippen LogP contribution in [0.15, 0.2) is 12.2 Å². The SMILES string of the molecule is C=C1C[C@H](CCC(=O)OC)O[C@H]1CCC=O. The van der Waals surface area contributed by atoms with Gasteiger partial charge in [0.2, 0.25) is 0 Å². The Kier molecular flexibility index (Phi) is 5.19. The lowest BCUT2D eigenvalue weighted by atomic mass is 10.0. The normalized spacial score (nSPS) is 24.4. The van der Waals surface area contributed by atoms with Gasteiger partial charge in [0.1, 0.15) is 6.29 Å². The first kappa shape index (κ1) is 12.9. The zero-order chi connectivity index (χ0) is 12.0. The predicted octanol–water partition coefficient (Wildman–Crippen LogP) is 1.63. The van der Waals surface area contributed by atoms with Gasteiger partial charge < -0.3 is 14.3 Å². The number of esters is 1. The number of hydrogen-bond donors (Lipinski definition) is 0. The summed E-state index contributed by atoms with van der Waals surface area (Å²) >= 11 is 0. The fourth-order valence-electron chi connectivity index (χ4n) is 1.84. The molecule has 1 aliphatic rings. The second kappa shape index (κ2) is 6.43. The van der Waals surface area contributed by atoms with Crippen molar-refractivity contribution in [1.82, 2.24) is 0 Å². The highest BCUT2D eigenvalue weighted by Crippen LogP contribution is 2.29. The van der Waals surface area contributed by atoms with E-state index in [-0.39, 0.29) is 18.2 Å². The van der Waals surface area contributed by atoms with Gasteiger partial charge in [-0.3, -0.25) is 4.79 Å². The predicted molar refractivity (Wildman–Crippen MR) is 59.0 cm³/mol. The molecule has 0 aromatic heterocycles. The van der Waals surface area contributed by atoms with Crippen LogP contribution in [0.2, 0.25) is 0 Å². The molecule has 0 aromatic carbocycles. The maximum absolute atomic E-state index is 11.0. The Bertz CT molecular complexity index is 272. The van der Waals surface area contributed by atoms with E-state index in [0.717, 1.165) is 18.3 Å². The third-order valence-corrected chi connectivity index (χ3v) is 2.75. The smallest absolute Gasteiger partial charge is 0.305 e. The van der Waals surface area contributed by atoms with Crippen LogP contribution in [0, 0.1) is 0 Å². The quantitative estimate of drug-likeness (QED) is 0.392. The van der Waals surface area contributed by atoms with E-state index in [1.54, 1.807) is 0 Å². The number of carbonyl (C=O) groups is 2.